The summed E-state index contributed by atoms with van der Waals surface area (Å²) in [6.07, 6.45) is -0.861. The number of aliphatic carboxylic acids is 1. The average molecular weight is 1200 g/mol. The summed E-state index contributed by atoms with van der Waals surface area (Å²) in [6.45, 7) is 12.0. The molecule has 0 bridgehead atoms. The molecule has 1 aliphatic heterocycles. The number of phenolic OH excluding ortho intramolecular Hbond substituents is 1. The van der Waals surface area contributed by atoms with E-state index in [1.165, 1.54) is 24.0 Å². The van der Waals surface area contributed by atoms with Gasteiger partial charge in [0.2, 0.25) is 65.0 Å². The van der Waals surface area contributed by atoms with E-state index in [1.807, 2.05) is 0 Å². The molecule has 11 amide bonds. The molecule has 0 saturated carbocycles. The number of carbonyl (C=O) groups is 12. The maximum atomic E-state index is 14.3. The second-order valence-electron chi connectivity index (χ2n) is 22.2. The number of guanidine groups is 1. The number of primary amides is 1. The summed E-state index contributed by atoms with van der Waals surface area (Å²) in [6, 6.07) is -5.80. The Morgan fingerprint density at radius 1 is 0.635 bits per heavy atom. The summed E-state index contributed by atoms with van der Waals surface area (Å²) in [5.41, 5.74) is 22.9. The van der Waals surface area contributed by atoms with Crippen LogP contribution in [0, 0.1) is 17.8 Å². The van der Waals surface area contributed by atoms with Crippen molar-refractivity contribution >= 4 is 76.9 Å². The smallest absolute Gasteiger partial charge is 0.303 e. The number of phenols is 1. The minimum Gasteiger partial charge on any atom is -0.508 e. The first-order valence-electron chi connectivity index (χ1n) is 28.6. The Bertz CT molecular complexity index is 2490. The molecule has 20 N–H and O–H groups in total. The van der Waals surface area contributed by atoms with Crippen molar-refractivity contribution in [1.82, 2.24) is 52.8 Å². The fourth-order valence-corrected chi connectivity index (χ4v) is 9.13. The third-order valence-electron chi connectivity index (χ3n) is 13.7. The molecule has 1 fully saturated rings. The first-order valence-corrected chi connectivity index (χ1v) is 28.6. The molecule has 85 heavy (non-hydrogen) atoms. The first kappa shape index (κ1) is 73.0. The number of nitrogens with zero attached hydrogens (tertiary/aromatic N) is 2. The maximum absolute atomic E-state index is 14.3. The minimum absolute atomic E-state index is 0.000762. The molecular weight excluding hydrogens is 1110 g/mol. The summed E-state index contributed by atoms with van der Waals surface area (Å²) < 4.78 is 0. The van der Waals surface area contributed by atoms with E-state index < -0.39 is 156 Å². The quantitative estimate of drug-likeness (QED) is 0.0173. The number of carboxylic acid groups (broad SMARTS) is 1. The summed E-state index contributed by atoms with van der Waals surface area (Å²) in [5.74, 6) is -11.7. The SMILES string of the molecule is CC(=O)N[C@@H](CCC(=O)O)C(=O)N[C@@H](CC(C)C)C(=O)N[C@H](C(=O)N[C@H](C(=O)N[C@@H](CCCCN)C(=O)NCC(=O)N[C@@H](CCCN=C(N)N)C(=O)N[C@H](C(=O)N1CCC[C@H]1C(=O)N[C@@H](Cc1ccc(O)cc1)C(N)=O)C(C)C)[C@@H](C)O)C(C)C. The number of nitrogens with two attached hydrogens (primary N) is 4. The van der Waals surface area contributed by atoms with E-state index in [1.54, 1.807) is 53.7 Å². The number of aliphatic hydroxyl groups excluding tert-OH is 1. The molecule has 1 aliphatic rings. The summed E-state index contributed by atoms with van der Waals surface area (Å²) in [7, 11) is 0. The van der Waals surface area contributed by atoms with Crippen LogP contribution in [0.15, 0.2) is 29.3 Å². The molecule has 1 saturated heterocycles. The highest BCUT2D eigenvalue weighted by molar-refractivity contribution is 5.99. The van der Waals surface area contributed by atoms with Crippen LogP contribution in [0.2, 0.25) is 0 Å². The predicted octanol–water partition coefficient (Wildman–Crippen LogP) is -3.79. The van der Waals surface area contributed by atoms with Gasteiger partial charge >= 0.3 is 5.97 Å². The number of amides is 11. The Labute approximate surface area is 495 Å². The monoisotopic (exact) mass is 1200 g/mol. The zero-order valence-electron chi connectivity index (χ0n) is 49.9. The van der Waals surface area contributed by atoms with Crippen LogP contribution < -0.4 is 70.8 Å². The highest BCUT2D eigenvalue weighted by atomic mass is 16.4. The van der Waals surface area contributed by atoms with Gasteiger partial charge in [0.25, 0.3) is 0 Å². The first-order chi connectivity index (χ1) is 39.9. The molecule has 30 heteroatoms. The van der Waals surface area contributed by atoms with Crippen LogP contribution in [0.1, 0.15) is 125 Å². The number of benzene rings is 1. The molecule has 1 aromatic carbocycles. The van der Waals surface area contributed by atoms with E-state index in [0.717, 1.165) is 6.92 Å². The Hall–Kier alpha value is -8.15. The Balaban J connectivity index is 2.28. The predicted molar refractivity (Wildman–Crippen MR) is 310 cm³/mol. The van der Waals surface area contributed by atoms with Gasteiger partial charge in [-0.25, -0.2) is 0 Å². The van der Waals surface area contributed by atoms with E-state index in [-0.39, 0.29) is 82.2 Å². The van der Waals surface area contributed by atoms with Crippen molar-refractivity contribution in [3.05, 3.63) is 29.8 Å². The van der Waals surface area contributed by atoms with E-state index in [2.05, 4.69) is 52.8 Å². The second kappa shape index (κ2) is 36.5. The number of aliphatic imine (C=N–C) groups is 1. The topological polar surface area (TPSA) is 493 Å². The average Bonchev–Trinajstić information content (AvgIpc) is 3.27. The van der Waals surface area contributed by atoms with Gasteiger partial charge < -0.3 is 91.0 Å². The van der Waals surface area contributed by atoms with Crippen LogP contribution in [0.4, 0.5) is 0 Å². The summed E-state index contributed by atoms with van der Waals surface area (Å²) in [4.78, 5) is 165. The van der Waals surface area contributed by atoms with Crippen molar-refractivity contribution < 1.29 is 72.9 Å². The Morgan fingerprint density at radius 3 is 1.73 bits per heavy atom. The number of carboxylic acids is 1. The zero-order valence-corrected chi connectivity index (χ0v) is 49.9. The molecule has 30 nitrogen and oxygen atoms in total. The molecule has 0 radical (unpaired) electrons. The molecule has 476 valence electrons. The van der Waals surface area contributed by atoms with Crippen molar-refractivity contribution in [3.8, 4) is 5.75 Å². The van der Waals surface area contributed by atoms with Crippen molar-refractivity contribution in [2.75, 3.05) is 26.2 Å². The summed E-state index contributed by atoms with van der Waals surface area (Å²) in [5, 5.41) is 52.5. The highest BCUT2D eigenvalue weighted by Crippen LogP contribution is 2.22. The van der Waals surface area contributed by atoms with Crippen molar-refractivity contribution in [3.63, 3.8) is 0 Å². The van der Waals surface area contributed by atoms with Gasteiger partial charge in [0, 0.05) is 32.9 Å². The van der Waals surface area contributed by atoms with Gasteiger partial charge in [-0.15, -0.1) is 0 Å². The number of nitrogens with one attached hydrogen (secondary N) is 9. The number of carbonyl (C=O) groups excluding carboxylic acids is 11. The maximum Gasteiger partial charge on any atom is 0.303 e. The van der Waals surface area contributed by atoms with Crippen LogP contribution in [0.5, 0.6) is 5.75 Å². The largest absolute Gasteiger partial charge is 0.508 e. The molecule has 0 unspecified atom stereocenters. The molecule has 1 heterocycles. The normalized spacial score (nSPS) is 16.2. The Morgan fingerprint density at radius 2 is 1.18 bits per heavy atom. The Kier molecular flexibility index (Phi) is 31.4. The summed E-state index contributed by atoms with van der Waals surface area (Å²) >= 11 is 0. The molecule has 0 spiro atoms. The van der Waals surface area contributed by atoms with Gasteiger partial charge in [0.05, 0.1) is 12.6 Å². The number of unbranched alkanes of at least 4 members (excludes halogenated alkanes) is 1. The van der Waals surface area contributed by atoms with E-state index in [9.17, 15) is 72.9 Å². The van der Waals surface area contributed by atoms with Crippen LogP contribution in [-0.2, 0) is 64.0 Å². The number of hydrogen-bond acceptors (Lipinski definition) is 16. The number of aliphatic hydroxyl groups is 1. The third kappa shape index (κ3) is 26.1. The van der Waals surface area contributed by atoms with Crippen LogP contribution in [0.3, 0.4) is 0 Å². The lowest BCUT2D eigenvalue weighted by Crippen LogP contribution is -2.62. The van der Waals surface area contributed by atoms with Crippen LogP contribution in [-0.4, -0.2) is 184 Å². The van der Waals surface area contributed by atoms with Gasteiger partial charge in [-0.05, 0) is 107 Å². The molecule has 1 aromatic rings. The van der Waals surface area contributed by atoms with Crippen LogP contribution in [0.25, 0.3) is 0 Å². The van der Waals surface area contributed by atoms with Gasteiger partial charge in [0.1, 0.15) is 60.1 Å². The number of hydrogen-bond donors (Lipinski definition) is 16. The van der Waals surface area contributed by atoms with Gasteiger partial charge in [0.15, 0.2) is 5.96 Å². The fourth-order valence-electron chi connectivity index (χ4n) is 9.13. The van der Waals surface area contributed by atoms with Gasteiger partial charge in [-0.2, -0.15) is 0 Å². The van der Waals surface area contributed by atoms with E-state index in [0.29, 0.717) is 24.8 Å². The van der Waals surface area contributed by atoms with Gasteiger partial charge in [-0.3, -0.25) is 62.5 Å². The molecule has 0 aliphatic carbocycles. The van der Waals surface area contributed by atoms with Crippen molar-refractivity contribution in [2.24, 2.45) is 45.7 Å². The lowest BCUT2D eigenvalue weighted by atomic mass is 9.98. The van der Waals surface area contributed by atoms with Gasteiger partial charge in [-0.1, -0.05) is 53.7 Å². The molecule has 10 atom stereocenters. The number of rotatable bonds is 37. The zero-order chi connectivity index (χ0) is 64.2. The lowest BCUT2D eigenvalue weighted by molar-refractivity contribution is -0.143. The fraction of sp³-hybridized carbons (Fsp3) is 0.655. The number of aromatic hydroxyl groups is 1. The molecule has 0 aromatic heterocycles. The molecule has 2 rings (SSSR count). The van der Waals surface area contributed by atoms with E-state index in [4.69, 9.17) is 22.9 Å². The second-order valence-corrected chi connectivity index (χ2v) is 22.2. The number of likely N-dealkylation sites (tertiary alicyclic amines) is 1. The van der Waals surface area contributed by atoms with Crippen LogP contribution >= 0.6 is 0 Å². The van der Waals surface area contributed by atoms with Crippen molar-refractivity contribution in [2.45, 2.75) is 186 Å². The van der Waals surface area contributed by atoms with E-state index >= 15 is 0 Å². The third-order valence-corrected chi connectivity index (χ3v) is 13.7. The molecular formula is C55H91N15O15. The highest BCUT2D eigenvalue weighted by Gasteiger charge is 2.41. The lowest BCUT2D eigenvalue weighted by Gasteiger charge is -2.32. The van der Waals surface area contributed by atoms with Crippen molar-refractivity contribution in [1.29, 1.82) is 0 Å². The minimum atomic E-state index is -1.72. The standard InChI is InChI=1S/C55H91N15O15/c1-28(2)25-39(66-48(79)37(62-32(8)72)20-21-42(75)76)50(81)67-43(29(3)4)52(83)69-45(31(7)71)53(84)64-35(13-9-10-22-56)47(78)61-27-41(74)63-36(14-11-23-60-55(58)59)49(80)68-44(30(5)6)54(85)70-24-12-15-40(70)51(82)65-38(46(57)77)26-33-16-18-34(73)19-17-33/h16-19,28-31,35-40,43-45,71,73H,9-15,20-27,56H2,1-8H3,(H2,57,77)(H,61,78)(H,62,72)(H,63,74)(H,64,84)(H,65,82)(H,66,79)(H,67,81)(H,68,80)(H,69,83)(H,75,76)(H4,58,59,60)/t31-,35+,36+,37+,38+,39+,40+,43+,44+,45+/m1/s1.